The van der Waals surface area contributed by atoms with E-state index in [2.05, 4.69) is 10.9 Å². The molecule has 1 fully saturated rings. The lowest BCUT2D eigenvalue weighted by atomic mass is 10.0. The van der Waals surface area contributed by atoms with Gasteiger partial charge >= 0.3 is 0 Å². The molecule has 5 rings (SSSR count). The Labute approximate surface area is 207 Å². The lowest BCUT2D eigenvalue weighted by molar-refractivity contribution is -0.123. The molecule has 3 aromatic carbocycles. The Kier molecular flexibility index (Phi) is 6.25. The molecule has 0 bridgehead atoms. The Morgan fingerprint density at radius 3 is 2.42 bits per heavy atom. The SMILES string of the molecule is COc1ccc(-c2cc(C(=O)NNC(=O)C3CC3c3ccc(F)cc3)c3ccccc3n2)cc1OC. The average Bonchev–Trinajstić information content (AvgIpc) is 3.72. The van der Waals surface area contributed by atoms with Gasteiger partial charge in [0.2, 0.25) is 5.91 Å². The van der Waals surface area contributed by atoms with Crippen LogP contribution in [0.4, 0.5) is 4.39 Å². The molecule has 2 atom stereocenters. The van der Waals surface area contributed by atoms with E-state index in [4.69, 9.17) is 14.5 Å². The number of hydrogen-bond acceptors (Lipinski definition) is 5. The smallest absolute Gasteiger partial charge is 0.270 e. The number of benzene rings is 3. The normalized spacial score (nSPS) is 16.3. The van der Waals surface area contributed by atoms with Gasteiger partial charge in [0.05, 0.1) is 31.0 Å². The number of nitrogens with zero attached hydrogens (tertiary/aromatic N) is 1. The summed E-state index contributed by atoms with van der Waals surface area (Å²) >= 11 is 0. The molecule has 2 amide bonds. The van der Waals surface area contributed by atoms with Gasteiger partial charge < -0.3 is 9.47 Å². The van der Waals surface area contributed by atoms with E-state index in [9.17, 15) is 14.0 Å². The summed E-state index contributed by atoms with van der Waals surface area (Å²) in [7, 11) is 3.11. The molecular weight excluding hydrogens is 461 g/mol. The molecule has 182 valence electrons. The number of aromatic nitrogens is 1. The van der Waals surface area contributed by atoms with Crippen molar-refractivity contribution in [2.24, 2.45) is 5.92 Å². The fourth-order valence-corrected chi connectivity index (χ4v) is 4.35. The number of rotatable bonds is 6. The van der Waals surface area contributed by atoms with Gasteiger partial charge in [0.15, 0.2) is 11.5 Å². The predicted molar refractivity (Wildman–Crippen MR) is 133 cm³/mol. The zero-order valence-corrected chi connectivity index (χ0v) is 19.7. The van der Waals surface area contributed by atoms with Gasteiger partial charge in [0, 0.05) is 16.9 Å². The molecule has 1 aliphatic carbocycles. The predicted octanol–water partition coefficient (Wildman–Crippen LogP) is 4.62. The van der Waals surface area contributed by atoms with Crippen molar-refractivity contribution in [1.82, 2.24) is 15.8 Å². The minimum atomic E-state index is -0.456. The van der Waals surface area contributed by atoms with Crippen LogP contribution in [0.15, 0.2) is 72.8 Å². The van der Waals surface area contributed by atoms with Crippen molar-refractivity contribution in [3.63, 3.8) is 0 Å². The van der Waals surface area contributed by atoms with Crippen LogP contribution in [0.3, 0.4) is 0 Å². The highest BCUT2D eigenvalue weighted by atomic mass is 19.1. The van der Waals surface area contributed by atoms with E-state index in [1.54, 1.807) is 44.6 Å². The summed E-state index contributed by atoms with van der Waals surface area (Å²) in [5.41, 5.74) is 8.32. The maximum absolute atomic E-state index is 13.2. The van der Waals surface area contributed by atoms with E-state index >= 15 is 0 Å². The Morgan fingerprint density at radius 2 is 1.67 bits per heavy atom. The quantitative estimate of drug-likeness (QED) is 0.389. The fourth-order valence-electron chi connectivity index (χ4n) is 4.35. The van der Waals surface area contributed by atoms with E-state index in [0.717, 1.165) is 11.1 Å². The minimum Gasteiger partial charge on any atom is -0.493 e. The number of carbonyl (C=O) groups is 2. The lowest BCUT2D eigenvalue weighted by Crippen LogP contribution is -2.42. The number of halogens is 1. The lowest BCUT2D eigenvalue weighted by Gasteiger charge is -2.13. The maximum Gasteiger partial charge on any atom is 0.270 e. The highest BCUT2D eigenvalue weighted by Crippen LogP contribution is 2.47. The summed E-state index contributed by atoms with van der Waals surface area (Å²) in [6.45, 7) is 0. The van der Waals surface area contributed by atoms with Gasteiger partial charge in [-0.25, -0.2) is 9.37 Å². The number of hydrazine groups is 1. The molecule has 2 unspecified atom stereocenters. The molecule has 4 aromatic rings. The van der Waals surface area contributed by atoms with Crippen molar-refractivity contribution in [3.05, 3.63) is 89.7 Å². The van der Waals surface area contributed by atoms with Gasteiger partial charge in [0.25, 0.3) is 5.91 Å². The van der Waals surface area contributed by atoms with Crippen LogP contribution in [0.2, 0.25) is 0 Å². The van der Waals surface area contributed by atoms with Crippen molar-refractivity contribution in [3.8, 4) is 22.8 Å². The van der Waals surface area contributed by atoms with Crippen LogP contribution in [-0.2, 0) is 4.79 Å². The van der Waals surface area contributed by atoms with Gasteiger partial charge in [-0.1, -0.05) is 30.3 Å². The number of carbonyl (C=O) groups excluding carboxylic acids is 2. The average molecular weight is 486 g/mol. The molecule has 36 heavy (non-hydrogen) atoms. The highest BCUT2D eigenvalue weighted by molar-refractivity contribution is 6.07. The molecule has 2 N–H and O–H groups in total. The molecule has 1 aliphatic rings. The second kappa shape index (κ2) is 9.65. The second-order valence-corrected chi connectivity index (χ2v) is 8.59. The Hall–Kier alpha value is -4.46. The summed E-state index contributed by atoms with van der Waals surface area (Å²) in [6, 6.07) is 20.5. The standard InChI is InChI=1S/C28H24FN3O4/c1-35-25-12-9-17(13-26(25)36-2)24-15-22(19-5-3-4-6-23(19)30-24)28(34)32-31-27(33)21-14-20(21)16-7-10-18(29)11-8-16/h3-13,15,20-21H,14H2,1-2H3,(H,31,33)(H,32,34). The van der Waals surface area contributed by atoms with E-state index in [1.807, 2.05) is 30.3 Å². The molecular formula is C28H24FN3O4. The van der Waals surface area contributed by atoms with Gasteiger partial charge in [-0.05, 0) is 60.4 Å². The first kappa shape index (κ1) is 23.3. The zero-order valence-electron chi connectivity index (χ0n) is 19.7. The van der Waals surface area contributed by atoms with E-state index < -0.39 is 5.91 Å². The van der Waals surface area contributed by atoms with Gasteiger partial charge in [-0.15, -0.1) is 0 Å². The van der Waals surface area contributed by atoms with E-state index in [1.165, 1.54) is 12.1 Å². The number of hydrogen-bond donors (Lipinski definition) is 2. The molecule has 0 aliphatic heterocycles. The Bertz CT molecular complexity index is 1460. The number of nitrogens with one attached hydrogen (secondary N) is 2. The molecule has 1 heterocycles. The topological polar surface area (TPSA) is 89.6 Å². The third kappa shape index (κ3) is 4.57. The third-order valence-electron chi connectivity index (χ3n) is 6.36. The molecule has 0 spiro atoms. The molecule has 1 saturated carbocycles. The second-order valence-electron chi connectivity index (χ2n) is 8.59. The van der Waals surface area contributed by atoms with Crippen LogP contribution in [-0.4, -0.2) is 31.0 Å². The van der Waals surface area contributed by atoms with E-state index in [-0.39, 0.29) is 23.6 Å². The minimum absolute atomic E-state index is 0.0147. The molecule has 8 heteroatoms. The van der Waals surface area contributed by atoms with Gasteiger partial charge in [0.1, 0.15) is 5.82 Å². The number of para-hydroxylation sites is 1. The maximum atomic E-state index is 13.2. The van der Waals surface area contributed by atoms with Crippen LogP contribution >= 0.6 is 0 Å². The first-order chi connectivity index (χ1) is 17.5. The Balaban J connectivity index is 1.36. The summed E-state index contributed by atoms with van der Waals surface area (Å²) in [6.07, 6.45) is 0.648. The number of ether oxygens (including phenoxy) is 2. The van der Waals surface area contributed by atoms with Crippen LogP contribution in [0.5, 0.6) is 11.5 Å². The Morgan fingerprint density at radius 1 is 0.917 bits per heavy atom. The zero-order chi connectivity index (χ0) is 25.2. The van der Waals surface area contributed by atoms with Crippen molar-refractivity contribution < 1.29 is 23.5 Å². The summed E-state index contributed by atoms with van der Waals surface area (Å²) < 4.78 is 23.9. The van der Waals surface area contributed by atoms with Crippen molar-refractivity contribution in [1.29, 1.82) is 0 Å². The number of methoxy groups -OCH3 is 2. The molecule has 0 saturated heterocycles. The summed E-state index contributed by atoms with van der Waals surface area (Å²) in [4.78, 5) is 30.5. The molecule has 1 aromatic heterocycles. The van der Waals surface area contributed by atoms with Crippen LogP contribution < -0.4 is 20.3 Å². The highest BCUT2D eigenvalue weighted by Gasteiger charge is 2.44. The van der Waals surface area contributed by atoms with Crippen LogP contribution in [0, 0.1) is 11.7 Å². The number of amides is 2. The monoisotopic (exact) mass is 485 g/mol. The summed E-state index contributed by atoms with van der Waals surface area (Å²) in [5.74, 6) is -0.179. The van der Waals surface area contributed by atoms with Crippen LogP contribution in [0.25, 0.3) is 22.2 Å². The van der Waals surface area contributed by atoms with Crippen molar-refractivity contribution in [2.75, 3.05) is 14.2 Å². The molecule has 0 radical (unpaired) electrons. The number of fused-ring (bicyclic) bond motifs is 1. The first-order valence-electron chi connectivity index (χ1n) is 11.5. The third-order valence-corrected chi connectivity index (χ3v) is 6.36. The van der Waals surface area contributed by atoms with Gasteiger partial charge in [-0.3, -0.25) is 20.4 Å². The van der Waals surface area contributed by atoms with Crippen LogP contribution in [0.1, 0.15) is 28.3 Å². The van der Waals surface area contributed by atoms with E-state index in [0.29, 0.717) is 40.1 Å². The first-order valence-corrected chi connectivity index (χ1v) is 11.5. The van der Waals surface area contributed by atoms with Gasteiger partial charge in [-0.2, -0.15) is 0 Å². The van der Waals surface area contributed by atoms with Crippen molar-refractivity contribution >= 4 is 22.7 Å². The molecule has 7 nitrogen and oxygen atoms in total. The fraction of sp³-hybridized carbons (Fsp3) is 0.179. The van der Waals surface area contributed by atoms with Crippen molar-refractivity contribution in [2.45, 2.75) is 12.3 Å². The largest absolute Gasteiger partial charge is 0.493 e. The summed E-state index contributed by atoms with van der Waals surface area (Å²) in [5, 5.41) is 0.657. The number of pyridine rings is 1.